The van der Waals surface area contributed by atoms with Crippen molar-refractivity contribution in [3.63, 3.8) is 0 Å². The number of methoxy groups -OCH3 is 1. The van der Waals surface area contributed by atoms with Crippen molar-refractivity contribution < 1.29 is 23.9 Å². The predicted octanol–water partition coefficient (Wildman–Crippen LogP) is 3.15. The van der Waals surface area contributed by atoms with Crippen LogP contribution in [0.25, 0.3) is 0 Å². The first-order valence-corrected chi connectivity index (χ1v) is 7.20. The Morgan fingerprint density at radius 2 is 1.96 bits per heavy atom. The molecule has 0 atom stereocenters. The predicted molar refractivity (Wildman–Crippen MR) is 86.6 cm³/mol. The van der Waals surface area contributed by atoms with E-state index in [0.717, 1.165) is 11.6 Å². The number of esters is 1. The molecule has 0 spiro atoms. The molecule has 7 nitrogen and oxygen atoms in total. The maximum atomic E-state index is 12.1. The van der Waals surface area contributed by atoms with Gasteiger partial charge in [0.15, 0.2) is 0 Å². The minimum atomic E-state index is -0.705. The standard InChI is InChI=1S/C17H17NO6/c1-12-4-3-5-14(10-12)23-8-9-24-17(19)15-11-13(18(20)21)6-7-16(15)22-2/h3-7,10-11H,8-9H2,1-2H3. The van der Waals surface area contributed by atoms with Gasteiger partial charge in [0, 0.05) is 12.1 Å². The van der Waals surface area contributed by atoms with Gasteiger partial charge in [-0.1, -0.05) is 12.1 Å². The van der Waals surface area contributed by atoms with Crippen molar-refractivity contribution in [2.45, 2.75) is 6.92 Å². The lowest BCUT2D eigenvalue weighted by atomic mass is 10.2. The van der Waals surface area contributed by atoms with Gasteiger partial charge in [-0.25, -0.2) is 4.79 Å². The van der Waals surface area contributed by atoms with Crippen molar-refractivity contribution in [2.24, 2.45) is 0 Å². The first-order valence-electron chi connectivity index (χ1n) is 7.20. The molecule has 0 aliphatic carbocycles. The average molecular weight is 331 g/mol. The van der Waals surface area contributed by atoms with E-state index in [0.29, 0.717) is 5.75 Å². The number of nitro benzene ring substituents is 1. The summed E-state index contributed by atoms with van der Waals surface area (Å²) in [6, 6.07) is 11.2. The van der Waals surface area contributed by atoms with Gasteiger partial charge in [0.25, 0.3) is 5.69 Å². The Balaban J connectivity index is 1.94. The molecule has 0 saturated carbocycles. The van der Waals surface area contributed by atoms with E-state index in [1.165, 1.54) is 19.2 Å². The summed E-state index contributed by atoms with van der Waals surface area (Å²) < 4.78 is 15.6. The number of hydrogen-bond acceptors (Lipinski definition) is 6. The second-order valence-electron chi connectivity index (χ2n) is 4.94. The van der Waals surface area contributed by atoms with E-state index in [2.05, 4.69) is 0 Å². The molecule has 2 aromatic rings. The second-order valence-corrected chi connectivity index (χ2v) is 4.94. The molecule has 0 aliphatic heterocycles. The maximum Gasteiger partial charge on any atom is 0.342 e. The van der Waals surface area contributed by atoms with Gasteiger partial charge in [-0.3, -0.25) is 10.1 Å². The van der Waals surface area contributed by atoms with Crippen LogP contribution in [0.2, 0.25) is 0 Å². The zero-order valence-electron chi connectivity index (χ0n) is 13.4. The Kier molecular flexibility index (Phi) is 5.73. The number of carbonyl (C=O) groups excluding carboxylic acids is 1. The van der Waals surface area contributed by atoms with Gasteiger partial charge < -0.3 is 14.2 Å². The summed E-state index contributed by atoms with van der Waals surface area (Å²) in [5.74, 6) is 0.188. The van der Waals surface area contributed by atoms with Crippen LogP contribution in [0.3, 0.4) is 0 Å². The van der Waals surface area contributed by atoms with Crippen molar-refractivity contribution >= 4 is 11.7 Å². The summed E-state index contributed by atoms with van der Waals surface area (Å²) >= 11 is 0. The molecule has 0 bridgehead atoms. The van der Waals surface area contributed by atoms with Crippen LogP contribution in [0.5, 0.6) is 11.5 Å². The summed E-state index contributed by atoms with van der Waals surface area (Å²) in [6.45, 7) is 2.13. The summed E-state index contributed by atoms with van der Waals surface area (Å²) in [6.07, 6.45) is 0. The number of rotatable bonds is 7. The number of non-ortho nitro benzene ring substituents is 1. The molecule has 0 radical (unpaired) electrons. The van der Waals surface area contributed by atoms with Crippen LogP contribution in [0, 0.1) is 17.0 Å². The largest absolute Gasteiger partial charge is 0.496 e. The lowest BCUT2D eigenvalue weighted by Crippen LogP contribution is -2.13. The monoisotopic (exact) mass is 331 g/mol. The van der Waals surface area contributed by atoms with Gasteiger partial charge in [0.2, 0.25) is 0 Å². The van der Waals surface area contributed by atoms with Gasteiger partial charge in [-0.2, -0.15) is 0 Å². The third-order valence-electron chi connectivity index (χ3n) is 3.19. The van der Waals surface area contributed by atoms with Crippen LogP contribution in [0.4, 0.5) is 5.69 Å². The molecule has 0 aliphatic rings. The van der Waals surface area contributed by atoms with E-state index in [9.17, 15) is 14.9 Å². The molecule has 126 valence electrons. The van der Waals surface area contributed by atoms with Gasteiger partial charge in [-0.05, 0) is 30.7 Å². The zero-order chi connectivity index (χ0) is 17.5. The van der Waals surface area contributed by atoms with Crippen molar-refractivity contribution in [3.05, 3.63) is 63.7 Å². The SMILES string of the molecule is COc1ccc([N+](=O)[O-])cc1C(=O)OCCOc1cccc(C)c1. The van der Waals surface area contributed by atoms with Crippen LogP contribution >= 0.6 is 0 Å². The minimum Gasteiger partial charge on any atom is -0.496 e. The third-order valence-corrected chi connectivity index (χ3v) is 3.19. The van der Waals surface area contributed by atoms with Crippen molar-refractivity contribution in [1.29, 1.82) is 0 Å². The van der Waals surface area contributed by atoms with E-state index in [1.54, 1.807) is 6.07 Å². The lowest BCUT2D eigenvalue weighted by Gasteiger charge is -2.10. The first kappa shape index (κ1) is 17.3. The highest BCUT2D eigenvalue weighted by Gasteiger charge is 2.18. The fourth-order valence-corrected chi connectivity index (χ4v) is 2.05. The Bertz CT molecular complexity index is 744. The highest BCUT2D eigenvalue weighted by molar-refractivity contribution is 5.93. The molecule has 0 saturated heterocycles. The second kappa shape index (κ2) is 7.96. The zero-order valence-corrected chi connectivity index (χ0v) is 13.4. The molecule has 0 N–H and O–H groups in total. The highest BCUT2D eigenvalue weighted by Crippen LogP contribution is 2.24. The van der Waals surface area contributed by atoms with Crippen LogP contribution in [0.15, 0.2) is 42.5 Å². The highest BCUT2D eigenvalue weighted by atomic mass is 16.6. The van der Waals surface area contributed by atoms with Crippen LogP contribution in [-0.2, 0) is 4.74 Å². The van der Waals surface area contributed by atoms with E-state index < -0.39 is 10.9 Å². The van der Waals surface area contributed by atoms with Gasteiger partial charge in [-0.15, -0.1) is 0 Å². The molecule has 24 heavy (non-hydrogen) atoms. The summed E-state index contributed by atoms with van der Waals surface area (Å²) in [4.78, 5) is 22.3. The number of aryl methyl sites for hydroxylation is 1. The molecular formula is C17H17NO6. The molecule has 0 amide bonds. The Morgan fingerprint density at radius 1 is 1.17 bits per heavy atom. The van der Waals surface area contributed by atoms with Crippen LogP contribution in [-0.4, -0.2) is 31.2 Å². The maximum absolute atomic E-state index is 12.1. The van der Waals surface area contributed by atoms with E-state index in [4.69, 9.17) is 14.2 Å². The van der Waals surface area contributed by atoms with Crippen molar-refractivity contribution in [3.8, 4) is 11.5 Å². The summed E-state index contributed by atoms with van der Waals surface area (Å²) in [7, 11) is 1.37. The topological polar surface area (TPSA) is 87.9 Å². The molecule has 7 heteroatoms. The number of ether oxygens (including phenoxy) is 3. The van der Waals surface area contributed by atoms with Crippen molar-refractivity contribution in [1.82, 2.24) is 0 Å². The van der Waals surface area contributed by atoms with E-state index in [-0.39, 0.29) is 30.2 Å². The normalized spacial score (nSPS) is 10.1. The molecule has 2 aromatic carbocycles. The summed E-state index contributed by atoms with van der Waals surface area (Å²) in [5.41, 5.74) is 0.854. The number of benzene rings is 2. The first-order chi connectivity index (χ1) is 11.5. The van der Waals surface area contributed by atoms with Gasteiger partial charge in [0.1, 0.15) is 30.3 Å². The van der Waals surface area contributed by atoms with Crippen LogP contribution in [0.1, 0.15) is 15.9 Å². The quantitative estimate of drug-likeness (QED) is 0.335. The fraction of sp³-hybridized carbons (Fsp3) is 0.235. The Morgan fingerprint density at radius 3 is 2.62 bits per heavy atom. The summed E-state index contributed by atoms with van der Waals surface area (Å²) in [5, 5.41) is 10.8. The fourth-order valence-electron chi connectivity index (χ4n) is 2.05. The van der Waals surface area contributed by atoms with Gasteiger partial charge in [0.05, 0.1) is 12.0 Å². The number of hydrogen-bond donors (Lipinski definition) is 0. The van der Waals surface area contributed by atoms with Gasteiger partial charge >= 0.3 is 5.97 Å². The van der Waals surface area contributed by atoms with E-state index >= 15 is 0 Å². The van der Waals surface area contributed by atoms with Crippen LogP contribution < -0.4 is 9.47 Å². The number of carbonyl (C=O) groups is 1. The minimum absolute atomic E-state index is 0.00209. The molecule has 0 heterocycles. The number of nitrogens with zero attached hydrogens (tertiary/aromatic N) is 1. The molecule has 2 rings (SSSR count). The average Bonchev–Trinajstić information content (AvgIpc) is 2.58. The smallest absolute Gasteiger partial charge is 0.342 e. The Labute approximate surface area is 138 Å². The Hall–Kier alpha value is -3.09. The molecular weight excluding hydrogens is 314 g/mol. The molecule has 0 aromatic heterocycles. The lowest BCUT2D eigenvalue weighted by molar-refractivity contribution is -0.384. The molecule has 0 fully saturated rings. The third kappa shape index (κ3) is 4.45. The van der Waals surface area contributed by atoms with Crippen molar-refractivity contribution in [2.75, 3.05) is 20.3 Å². The van der Waals surface area contributed by atoms with E-state index in [1.807, 2.05) is 25.1 Å². The number of nitro groups is 1. The molecule has 0 unspecified atom stereocenters.